The number of hydrogen-bond acceptors (Lipinski definition) is 15. The van der Waals surface area contributed by atoms with Gasteiger partial charge in [0, 0.05) is 28.8 Å². The van der Waals surface area contributed by atoms with Crippen molar-refractivity contribution in [3.8, 4) is 69.1 Å². The summed E-state index contributed by atoms with van der Waals surface area (Å²) in [5.41, 5.74) is 8.41. The third-order valence-corrected chi connectivity index (χ3v) is 10.2. The molecule has 0 aliphatic rings. The minimum absolute atomic E-state index is 0. The van der Waals surface area contributed by atoms with Crippen molar-refractivity contribution in [2.45, 2.75) is 107 Å². The van der Waals surface area contributed by atoms with Gasteiger partial charge in [-0.15, -0.1) is 12.4 Å². The van der Waals surface area contributed by atoms with Gasteiger partial charge in [0.05, 0.1) is 44.0 Å². The Morgan fingerprint density at radius 2 is 0.877 bits per heavy atom. The molecule has 0 unspecified atom stereocenters. The number of ether oxygens (including phenoxy) is 6. The molecular weight excluding hydrogens is 995 g/mol. The van der Waals surface area contributed by atoms with Crippen LogP contribution in [0.4, 0.5) is 9.59 Å². The standard InChI is InChI=1S/C32H41ClN4O6.C22H25ClN4O2.ClH/c1-30(2,3)19-41-22-14-12-21(13-15-22)25-34-26(36-27(35-25)40-10)23-17-20(11-16-24(23)33)18-37(28(38)42-31(4,5)6)29(39)43-32(7,8)9;1-22(2,3)13-29-16-8-6-15(7-9-16)19-25-20(27-21(26-19)28-4)17-11-14(12-24)5-10-18(17)23;/h11-17H,18-19H2,1-10H3;5-11H,12-13,24H2,1-4H3;1H. The number of amides is 2. The molecule has 0 aliphatic carbocycles. The van der Waals surface area contributed by atoms with Gasteiger partial charge in [-0.1, -0.05) is 76.9 Å². The minimum Gasteiger partial charge on any atom is -0.493 e. The third kappa shape index (κ3) is 18.6. The molecule has 0 atom stereocenters. The van der Waals surface area contributed by atoms with Crippen molar-refractivity contribution in [3.63, 3.8) is 0 Å². The fourth-order valence-electron chi connectivity index (χ4n) is 6.13. The van der Waals surface area contributed by atoms with Gasteiger partial charge in [-0.25, -0.2) is 24.5 Å². The number of imide groups is 1. The van der Waals surface area contributed by atoms with Crippen molar-refractivity contribution in [2.75, 3.05) is 27.4 Å². The normalized spacial score (nSPS) is 11.6. The number of halogens is 3. The highest BCUT2D eigenvalue weighted by Gasteiger charge is 2.32. The quantitative estimate of drug-likeness (QED) is 0.115. The van der Waals surface area contributed by atoms with E-state index < -0.39 is 23.4 Å². The molecule has 6 aromatic rings. The van der Waals surface area contributed by atoms with Gasteiger partial charge >= 0.3 is 24.2 Å². The van der Waals surface area contributed by atoms with Crippen LogP contribution in [0, 0.1) is 10.8 Å². The first-order valence-electron chi connectivity index (χ1n) is 23.2. The van der Waals surface area contributed by atoms with Gasteiger partial charge in [0.2, 0.25) is 0 Å². The molecule has 0 bridgehead atoms. The van der Waals surface area contributed by atoms with Gasteiger partial charge in [0.15, 0.2) is 23.3 Å². The second-order valence-corrected chi connectivity index (χ2v) is 21.9. The average molecular weight is 1060 g/mol. The number of nitrogens with zero attached hydrogens (tertiary/aromatic N) is 7. The van der Waals surface area contributed by atoms with Crippen molar-refractivity contribution < 1.29 is 38.0 Å². The number of methoxy groups -OCH3 is 2. The van der Waals surface area contributed by atoms with Gasteiger partial charge in [-0.2, -0.15) is 19.9 Å². The topological polar surface area (TPSA) is 196 Å². The van der Waals surface area contributed by atoms with Crippen LogP contribution in [0.15, 0.2) is 84.9 Å². The van der Waals surface area contributed by atoms with Crippen LogP contribution in [-0.4, -0.2) is 85.6 Å². The molecule has 4 aromatic carbocycles. The zero-order chi connectivity index (χ0) is 53.2. The largest absolute Gasteiger partial charge is 0.493 e. The van der Waals surface area contributed by atoms with E-state index in [1.165, 1.54) is 14.2 Å². The molecule has 2 amide bonds. The van der Waals surface area contributed by atoms with Crippen molar-refractivity contribution in [3.05, 3.63) is 106 Å². The lowest BCUT2D eigenvalue weighted by Gasteiger charge is -2.28. The van der Waals surface area contributed by atoms with Crippen LogP contribution < -0.4 is 24.7 Å². The van der Waals surface area contributed by atoms with Crippen LogP contribution in [0.1, 0.15) is 94.2 Å². The summed E-state index contributed by atoms with van der Waals surface area (Å²) >= 11 is 13.0. The van der Waals surface area contributed by atoms with Crippen LogP contribution in [-0.2, 0) is 22.6 Å². The fourth-order valence-corrected chi connectivity index (χ4v) is 6.53. The zero-order valence-electron chi connectivity index (χ0n) is 44.0. The van der Waals surface area contributed by atoms with E-state index in [4.69, 9.17) is 57.4 Å². The van der Waals surface area contributed by atoms with E-state index in [-0.39, 0.29) is 47.6 Å². The SMILES string of the molecule is COc1nc(-c2ccc(OCC(C)(C)C)cc2)nc(-c2cc(CN(C(=O)OC(C)(C)C)C(=O)OC(C)(C)C)ccc2Cl)n1.COc1nc(-c2ccc(OCC(C)(C)C)cc2)nc(-c2cc(CN)ccc2Cl)n1.Cl. The molecule has 392 valence electrons. The molecule has 0 saturated heterocycles. The van der Waals surface area contributed by atoms with Crippen molar-refractivity contribution in [1.82, 2.24) is 34.8 Å². The summed E-state index contributed by atoms with van der Waals surface area (Å²) < 4.78 is 33.3. The molecule has 6 rings (SSSR count). The number of carbonyl (C=O) groups is 2. The van der Waals surface area contributed by atoms with Gasteiger partial charge in [-0.3, -0.25) is 0 Å². The average Bonchev–Trinajstić information content (AvgIpc) is 3.31. The maximum Gasteiger partial charge on any atom is 0.420 e. The molecule has 2 aromatic heterocycles. The minimum atomic E-state index is -0.836. The van der Waals surface area contributed by atoms with Crippen LogP contribution in [0.5, 0.6) is 23.5 Å². The molecule has 2 N–H and O–H groups in total. The Morgan fingerprint density at radius 3 is 1.22 bits per heavy atom. The van der Waals surface area contributed by atoms with E-state index in [2.05, 4.69) is 71.4 Å². The summed E-state index contributed by atoms with van der Waals surface area (Å²) in [5, 5.41) is 0.891. The number of rotatable bonds is 13. The Kier molecular flexibility index (Phi) is 20.3. The molecule has 0 saturated carbocycles. The molecule has 0 fully saturated rings. The fraction of sp³-hybridized carbons (Fsp3) is 0.407. The van der Waals surface area contributed by atoms with Crippen LogP contribution in [0.3, 0.4) is 0 Å². The lowest BCUT2D eigenvalue weighted by atomic mass is 9.99. The number of aromatic nitrogens is 6. The van der Waals surface area contributed by atoms with E-state index in [0.717, 1.165) is 33.1 Å². The number of benzene rings is 4. The molecule has 0 spiro atoms. The summed E-state index contributed by atoms with van der Waals surface area (Å²) in [6.45, 7) is 24.5. The predicted octanol–water partition coefficient (Wildman–Crippen LogP) is 13.1. The summed E-state index contributed by atoms with van der Waals surface area (Å²) in [4.78, 5) is 53.8. The molecule has 16 nitrogen and oxygen atoms in total. The van der Waals surface area contributed by atoms with Gasteiger partial charge in [0.25, 0.3) is 0 Å². The lowest BCUT2D eigenvalue weighted by molar-refractivity contribution is -0.000268. The molecule has 2 heterocycles. The number of hydrogen-bond donors (Lipinski definition) is 1. The molecule has 0 aliphatic heterocycles. The first kappa shape index (κ1) is 59.2. The summed E-state index contributed by atoms with van der Waals surface area (Å²) in [6.07, 6.45) is -1.67. The molecule has 19 heteroatoms. The summed E-state index contributed by atoms with van der Waals surface area (Å²) in [5.74, 6) is 3.07. The number of nitrogens with two attached hydrogens (primary N) is 1. The molecule has 73 heavy (non-hydrogen) atoms. The van der Waals surface area contributed by atoms with Crippen molar-refractivity contribution >= 4 is 47.8 Å². The van der Waals surface area contributed by atoms with Gasteiger partial charge in [0.1, 0.15) is 22.7 Å². The Morgan fingerprint density at radius 1 is 0.521 bits per heavy atom. The Balaban J connectivity index is 0.000000335. The van der Waals surface area contributed by atoms with Gasteiger partial charge in [-0.05, 0) is 136 Å². The van der Waals surface area contributed by atoms with Crippen molar-refractivity contribution in [2.24, 2.45) is 16.6 Å². The summed E-state index contributed by atoms with van der Waals surface area (Å²) in [7, 11) is 2.98. The van der Waals surface area contributed by atoms with E-state index >= 15 is 0 Å². The highest BCUT2D eigenvalue weighted by Crippen LogP contribution is 2.33. The van der Waals surface area contributed by atoms with E-state index in [0.29, 0.717) is 64.0 Å². The highest BCUT2D eigenvalue weighted by molar-refractivity contribution is 6.33. The predicted molar refractivity (Wildman–Crippen MR) is 288 cm³/mol. The Hall–Kier alpha value is -6.33. The third-order valence-electron chi connectivity index (χ3n) is 9.51. The van der Waals surface area contributed by atoms with Crippen LogP contribution in [0.25, 0.3) is 45.6 Å². The lowest BCUT2D eigenvalue weighted by Crippen LogP contribution is -2.43. The maximum atomic E-state index is 13.0. The monoisotopic (exact) mass is 1060 g/mol. The Labute approximate surface area is 445 Å². The van der Waals surface area contributed by atoms with E-state index in [9.17, 15) is 9.59 Å². The van der Waals surface area contributed by atoms with E-state index in [1.807, 2.05) is 60.7 Å². The summed E-state index contributed by atoms with van der Waals surface area (Å²) in [6, 6.07) is 25.9. The smallest absolute Gasteiger partial charge is 0.420 e. The maximum absolute atomic E-state index is 13.0. The molecular formula is C54H67Cl3N8O8. The van der Waals surface area contributed by atoms with Crippen LogP contribution in [0.2, 0.25) is 10.0 Å². The van der Waals surface area contributed by atoms with Crippen LogP contribution >= 0.6 is 35.6 Å². The zero-order valence-corrected chi connectivity index (χ0v) is 46.4. The Bertz CT molecular complexity index is 2780. The highest BCUT2D eigenvalue weighted by atomic mass is 35.5. The second kappa shape index (κ2) is 25.1. The first-order chi connectivity index (χ1) is 33.6. The second-order valence-electron chi connectivity index (χ2n) is 21.1. The van der Waals surface area contributed by atoms with Gasteiger partial charge < -0.3 is 34.2 Å². The first-order valence-corrected chi connectivity index (χ1v) is 24.0. The van der Waals surface area contributed by atoms with Crippen molar-refractivity contribution in [1.29, 1.82) is 0 Å². The molecule has 0 radical (unpaired) electrons. The number of carbonyl (C=O) groups excluding carboxylic acids is 2. The van der Waals surface area contributed by atoms with E-state index in [1.54, 1.807) is 65.8 Å².